The normalized spacial score (nSPS) is 11.1. The van der Waals surface area contributed by atoms with E-state index in [1.807, 2.05) is 0 Å². The lowest BCUT2D eigenvalue weighted by molar-refractivity contribution is 0.0951. The molecule has 0 aliphatic carbocycles. The Bertz CT molecular complexity index is 1150. The van der Waals surface area contributed by atoms with Crippen molar-refractivity contribution in [2.75, 3.05) is 5.32 Å². The first-order valence-electron chi connectivity index (χ1n) is 8.84. The minimum Gasteiger partial charge on any atom is -0.507 e. The molecule has 3 N–H and O–H groups in total. The number of hydrogen-bond donors (Lipinski definition) is 3. The summed E-state index contributed by atoms with van der Waals surface area (Å²) in [6, 6.07) is 17.8. The van der Waals surface area contributed by atoms with Gasteiger partial charge in [0.15, 0.2) is 0 Å². The molecule has 0 radical (unpaired) electrons. The summed E-state index contributed by atoms with van der Waals surface area (Å²) in [5.41, 5.74) is 4.56. The Hall–Kier alpha value is -3.35. The topological polar surface area (TPSA) is 90.8 Å². The molecule has 0 unspecified atom stereocenters. The van der Waals surface area contributed by atoms with Gasteiger partial charge in [0.1, 0.15) is 5.75 Å². The van der Waals surface area contributed by atoms with Crippen LogP contribution in [0.25, 0.3) is 0 Å². The number of para-hydroxylation sites is 1. The quantitative estimate of drug-likeness (QED) is 0.379. The number of amides is 2. The minimum atomic E-state index is -0.533. The molecule has 0 spiro atoms. The van der Waals surface area contributed by atoms with Gasteiger partial charge in [-0.3, -0.25) is 9.59 Å². The van der Waals surface area contributed by atoms with Gasteiger partial charge in [0.2, 0.25) is 0 Å². The molecule has 0 aliphatic rings. The number of carbonyl (C=O) groups excluding carboxylic acids is 2. The maximum absolute atomic E-state index is 12.5. The summed E-state index contributed by atoms with van der Waals surface area (Å²) in [5.74, 6) is -1.04. The molecule has 0 aliphatic heterocycles. The summed E-state index contributed by atoms with van der Waals surface area (Å²) in [7, 11) is 0. The lowest BCUT2D eigenvalue weighted by Crippen LogP contribution is -2.19. The zero-order valence-electron chi connectivity index (χ0n) is 15.8. The number of aromatic hydroxyl groups is 1. The highest BCUT2D eigenvalue weighted by Crippen LogP contribution is 2.22. The Morgan fingerprint density at radius 3 is 2.40 bits per heavy atom. The van der Waals surface area contributed by atoms with Crippen molar-refractivity contribution < 1.29 is 14.7 Å². The first-order chi connectivity index (χ1) is 14.3. The van der Waals surface area contributed by atoms with E-state index in [1.165, 1.54) is 18.2 Å². The van der Waals surface area contributed by atoms with Crippen molar-refractivity contribution in [3.63, 3.8) is 0 Å². The molecular weight excluding hydrogens is 425 g/mol. The van der Waals surface area contributed by atoms with Gasteiger partial charge in [-0.05, 0) is 55.0 Å². The number of phenols is 1. The Morgan fingerprint density at radius 2 is 1.67 bits per heavy atom. The molecule has 0 aromatic heterocycles. The first-order valence-corrected chi connectivity index (χ1v) is 9.60. The van der Waals surface area contributed by atoms with Crippen LogP contribution in [0.15, 0.2) is 71.8 Å². The molecule has 3 aromatic rings. The van der Waals surface area contributed by atoms with Crippen molar-refractivity contribution in [2.45, 2.75) is 6.92 Å². The van der Waals surface area contributed by atoms with Gasteiger partial charge in [0, 0.05) is 10.7 Å². The van der Waals surface area contributed by atoms with E-state index >= 15 is 0 Å². The number of carbonyl (C=O) groups is 2. The fraction of sp³-hybridized carbons (Fsp3) is 0.0455. The third-order valence-corrected chi connectivity index (χ3v) is 4.74. The van der Waals surface area contributed by atoms with E-state index in [1.54, 1.807) is 55.5 Å². The first kappa shape index (κ1) is 21.4. The molecule has 2 amide bonds. The van der Waals surface area contributed by atoms with Crippen molar-refractivity contribution in [2.24, 2.45) is 5.10 Å². The summed E-state index contributed by atoms with van der Waals surface area (Å²) in [6.45, 7) is 1.71. The summed E-state index contributed by atoms with van der Waals surface area (Å²) < 4.78 is 0. The highest BCUT2D eigenvalue weighted by Gasteiger charge is 2.12. The number of nitrogens with one attached hydrogen (secondary N) is 2. The summed E-state index contributed by atoms with van der Waals surface area (Å²) in [5, 5.41) is 17.3. The fourth-order valence-electron chi connectivity index (χ4n) is 2.62. The summed E-state index contributed by atoms with van der Waals surface area (Å²) in [6.07, 6.45) is 0. The predicted octanol–water partition coefficient (Wildman–Crippen LogP) is 5.11. The molecule has 0 saturated carbocycles. The van der Waals surface area contributed by atoms with Crippen LogP contribution in [0.5, 0.6) is 5.75 Å². The van der Waals surface area contributed by atoms with Gasteiger partial charge in [-0.1, -0.05) is 47.5 Å². The highest BCUT2D eigenvalue weighted by atomic mass is 35.5. The zero-order valence-corrected chi connectivity index (χ0v) is 17.3. The Kier molecular flexibility index (Phi) is 6.72. The highest BCUT2D eigenvalue weighted by molar-refractivity contribution is 6.37. The average molecular weight is 442 g/mol. The second kappa shape index (κ2) is 9.43. The number of phenolic OH excluding ortho intramolecular Hbond substituents is 1. The standard InChI is InChI=1S/C22H17Cl2N3O3/c1-13(26-27-22(30)18-7-2-3-8-20(18)28)14-5-4-6-16(11-14)25-21(29)17-10-9-15(23)12-19(17)24/h2-12,28H,1H3,(H,25,29)(H,27,30)/b26-13-. The molecule has 0 heterocycles. The third-order valence-electron chi connectivity index (χ3n) is 4.19. The second-order valence-corrected chi connectivity index (χ2v) is 7.16. The Labute approximate surface area is 183 Å². The molecule has 3 aromatic carbocycles. The van der Waals surface area contributed by atoms with Gasteiger partial charge in [-0.15, -0.1) is 0 Å². The summed E-state index contributed by atoms with van der Waals surface area (Å²) >= 11 is 11.9. The monoisotopic (exact) mass is 441 g/mol. The van der Waals surface area contributed by atoms with Gasteiger partial charge in [0.25, 0.3) is 11.8 Å². The number of rotatable bonds is 5. The SMILES string of the molecule is C/C(=N/NC(=O)c1ccccc1O)c1cccc(NC(=O)c2ccc(Cl)cc2Cl)c1. The number of benzene rings is 3. The van der Waals surface area contributed by atoms with Crippen molar-refractivity contribution in [1.29, 1.82) is 0 Å². The summed E-state index contributed by atoms with van der Waals surface area (Å²) in [4.78, 5) is 24.7. The van der Waals surface area contributed by atoms with Crippen LogP contribution in [0.3, 0.4) is 0 Å². The van der Waals surface area contributed by atoms with Crippen molar-refractivity contribution in [3.05, 3.63) is 93.5 Å². The van der Waals surface area contributed by atoms with Crippen LogP contribution in [-0.2, 0) is 0 Å². The Balaban J connectivity index is 1.72. The number of halogens is 2. The number of hydrogen-bond acceptors (Lipinski definition) is 4. The van der Waals surface area contributed by atoms with Crippen LogP contribution in [0, 0.1) is 0 Å². The number of hydrazone groups is 1. The molecule has 0 bridgehead atoms. The minimum absolute atomic E-state index is 0.120. The van der Waals surface area contributed by atoms with Gasteiger partial charge in [-0.2, -0.15) is 5.10 Å². The molecule has 30 heavy (non-hydrogen) atoms. The van der Waals surface area contributed by atoms with E-state index in [2.05, 4.69) is 15.8 Å². The van der Waals surface area contributed by atoms with Crippen LogP contribution in [0.2, 0.25) is 10.0 Å². The van der Waals surface area contributed by atoms with E-state index in [9.17, 15) is 14.7 Å². The van der Waals surface area contributed by atoms with Gasteiger partial charge < -0.3 is 10.4 Å². The van der Waals surface area contributed by atoms with Gasteiger partial charge in [0.05, 0.1) is 21.9 Å². The molecule has 0 saturated heterocycles. The molecule has 8 heteroatoms. The number of nitrogens with zero attached hydrogens (tertiary/aromatic N) is 1. The van der Waals surface area contributed by atoms with E-state index in [0.29, 0.717) is 27.5 Å². The molecule has 0 atom stereocenters. The lowest BCUT2D eigenvalue weighted by Gasteiger charge is -2.09. The molecule has 3 rings (SSSR count). The number of anilines is 1. The molecular formula is C22H17Cl2N3O3. The van der Waals surface area contributed by atoms with E-state index in [0.717, 1.165) is 0 Å². The predicted molar refractivity (Wildman–Crippen MR) is 119 cm³/mol. The van der Waals surface area contributed by atoms with E-state index < -0.39 is 5.91 Å². The molecule has 6 nitrogen and oxygen atoms in total. The van der Waals surface area contributed by atoms with Gasteiger partial charge >= 0.3 is 0 Å². The second-order valence-electron chi connectivity index (χ2n) is 6.31. The van der Waals surface area contributed by atoms with Crippen LogP contribution in [0.4, 0.5) is 5.69 Å². The van der Waals surface area contributed by atoms with Crippen molar-refractivity contribution in [1.82, 2.24) is 5.43 Å². The smallest absolute Gasteiger partial charge is 0.275 e. The zero-order chi connectivity index (χ0) is 21.7. The van der Waals surface area contributed by atoms with Crippen LogP contribution in [-0.4, -0.2) is 22.6 Å². The van der Waals surface area contributed by atoms with Crippen molar-refractivity contribution in [3.8, 4) is 5.75 Å². The molecule has 0 fully saturated rings. The third kappa shape index (κ3) is 5.17. The van der Waals surface area contributed by atoms with Crippen LogP contribution >= 0.6 is 23.2 Å². The van der Waals surface area contributed by atoms with Crippen LogP contribution < -0.4 is 10.7 Å². The van der Waals surface area contributed by atoms with Crippen LogP contribution in [0.1, 0.15) is 33.2 Å². The Morgan fingerprint density at radius 1 is 0.900 bits per heavy atom. The maximum Gasteiger partial charge on any atom is 0.275 e. The largest absolute Gasteiger partial charge is 0.507 e. The van der Waals surface area contributed by atoms with E-state index in [-0.39, 0.29) is 22.2 Å². The van der Waals surface area contributed by atoms with Gasteiger partial charge in [-0.25, -0.2) is 5.43 Å². The average Bonchev–Trinajstić information content (AvgIpc) is 2.72. The maximum atomic E-state index is 12.5. The fourth-order valence-corrected chi connectivity index (χ4v) is 3.11. The van der Waals surface area contributed by atoms with Crippen molar-refractivity contribution >= 4 is 46.4 Å². The lowest BCUT2D eigenvalue weighted by atomic mass is 10.1. The van der Waals surface area contributed by atoms with E-state index in [4.69, 9.17) is 23.2 Å². The molecule has 152 valence electrons.